The van der Waals surface area contributed by atoms with E-state index in [0.717, 1.165) is 24.8 Å². The van der Waals surface area contributed by atoms with Gasteiger partial charge in [-0.3, -0.25) is 4.90 Å². The first kappa shape index (κ1) is 16.6. The van der Waals surface area contributed by atoms with Crippen LogP contribution in [0.15, 0.2) is 16.7 Å². The summed E-state index contributed by atoms with van der Waals surface area (Å²) in [6.45, 7) is 10.9. The highest BCUT2D eigenvalue weighted by molar-refractivity contribution is 5.15. The van der Waals surface area contributed by atoms with Gasteiger partial charge in [-0.15, -0.1) is 0 Å². The summed E-state index contributed by atoms with van der Waals surface area (Å²) in [5.41, 5.74) is 7.73. The molecule has 0 aliphatic heterocycles. The van der Waals surface area contributed by atoms with Gasteiger partial charge in [0.05, 0.1) is 6.26 Å². The highest BCUT2D eigenvalue weighted by Crippen LogP contribution is 2.41. The predicted molar refractivity (Wildman–Crippen MR) is 88.0 cm³/mol. The molecule has 0 spiro atoms. The highest BCUT2D eigenvalue weighted by atomic mass is 16.3. The van der Waals surface area contributed by atoms with Crippen molar-refractivity contribution >= 4 is 0 Å². The average molecular weight is 292 g/mol. The Labute approximate surface area is 129 Å². The van der Waals surface area contributed by atoms with Crippen LogP contribution < -0.4 is 5.73 Å². The Kier molecular flexibility index (Phi) is 5.15. The second-order valence-electron chi connectivity index (χ2n) is 7.86. The van der Waals surface area contributed by atoms with E-state index in [-0.39, 0.29) is 0 Å². The Morgan fingerprint density at radius 1 is 1.33 bits per heavy atom. The van der Waals surface area contributed by atoms with Gasteiger partial charge in [0.15, 0.2) is 0 Å². The van der Waals surface area contributed by atoms with Crippen molar-refractivity contribution in [2.24, 2.45) is 23.0 Å². The lowest BCUT2D eigenvalue weighted by Gasteiger charge is -2.45. The van der Waals surface area contributed by atoms with Gasteiger partial charge in [-0.2, -0.15) is 0 Å². The predicted octanol–water partition coefficient (Wildman–Crippen LogP) is 3.81. The van der Waals surface area contributed by atoms with E-state index < -0.39 is 0 Å². The first-order valence-corrected chi connectivity index (χ1v) is 8.26. The molecule has 3 unspecified atom stereocenters. The Balaban J connectivity index is 2.07. The Morgan fingerprint density at radius 2 is 2.05 bits per heavy atom. The number of hydrogen-bond donors (Lipinski definition) is 1. The first-order valence-electron chi connectivity index (χ1n) is 8.26. The van der Waals surface area contributed by atoms with Crippen LogP contribution in [0.25, 0.3) is 0 Å². The van der Waals surface area contributed by atoms with Crippen LogP contribution in [0, 0.1) is 24.2 Å². The third-order valence-electron chi connectivity index (χ3n) is 5.44. The molecule has 1 aliphatic rings. The minimum atomic E-state index is 0.393. The summed E-state index contributed by atoms with van der Waals surface area (Å²) in [5.74, 6) is 2.45. The molecule has 1 aromatic rings. The van der Waals surface area contributed by atoms with Crippen LogP contribution in [-0.4, -0.2) is 24.5 Å². The molecule has 2 N–H and O–H groups in total. The van der Waals surface area contributed by atoms with Crippen molar-refractivity contribution in [1.29, 1.82) is 0 Å². The summed E-state index contributed by atoms with van der Waals surface area (Å²) in [4.78, 5) is 2.49. The van der Waals surface area contributed by atoms with E-state index in [0.29, 0.717) is 17.4 Å². The van der Waals surface area contributed by atoms with Crippen molar-refractivity contribution in [3.63, 3.8) is 0 Å². The Hall–Kier alpha value is -0.800. The number of nitrogens with zero attached hydrogens (tertiary/aromatic N) is 1. The van der Waals surface area contributed by atoms with Gasteiger partial charge in [-0.05, 0) is 63.1 Å². The number of rotatable bonds is 4. The molecule has 1 heterocycles. The molecular formula is C18H32N2O. The summed E-state index contributed by atoms with van der Waals surface area (Å²) in [7, 11) is 2.24. The zero-order valence-corrected chi connectivity index (χ0v) is 14.4. The van der Waals surface area contributed by atoms with Gasteiger partial charge in [-0.1, -0.05) is 20.8 Å². The van der Waals surface area contributed by atoms with Gasteiger partial charge in [-0.25, -0.2) is 0 Å². The van der Waals surface area contributed by atoms with Crippen molar-refractivity contribution in [3.8, 4) is 0 Å². The lowest BCUT2D eigenvalue weighted by Crippen LogP contribution is -2.46. The van der Waals surface area contributed by atoms with Gasteiger partial charge in [0.1, 0.15) is 5.76 Å². The molecule has 1 saturated carbocycles. The Morgan fingerprint density at radius 3 is 2.57 bits per heavy atom. The number of furan rings is 1. The van der Waals surface area contributed by atoms with Crippen molar-refractivity contribution in [2.45, 2.75) is 59.5 Å². The molecule has 0 radical (unpaired) electrons. The molecule has 3 heteroatoms. The van der Waals surface area contributed by atoms with Crippen molar-refractivity contribution in [1.82, 2.24) is 4.90 Å². The zero-order chi connectivity index (χ0) is 15.6. The van der Waals surface area contributed by atoms with Crippen LogP contribution in [0.5, 0.6) is 0 Å². The fourth-order valence-electron chi connectivity index (χ4n) is 3.77. The summed E-state index contributed by atoms with van der Waals surface area (Å²) < 4.78 is 5.43. The molecule has 3 atom stereocenters. The van der Waals surface area contributed by atoms with Gasteiger partial charge in [0.25, 0.3) is 0 Å². The van der Waals surface area contributed by atoms with Crippen LogP contribution in [0.2, 0.25) is 0 Å². The highest BCUT2D eigenvalue weighted by Gasteiger charge is 2.37. The quantitative estimate of drug-likeness (QED) is 0.917. The number of aryl methyl sites for hydroxylation is 1. The molecule has 0 saturated heterocycles. The van der Waals surface area contributed by atoms with Gasteiger partial charge in [0, 0.05) is 18.2 Å². The largest absolute Gasteiger partial charge is 0.469 e. The van der Waals surface area contributed by atoms with Crippen molar-refractivity contribution in [3.05, 3.63) is 23.7 Å². The maximum atomic E-state index is 6.04. The van der Waals surface area contributed by atoms with Crippen molar-refractivity contribution < 1.29 is 4.42 Å². The van der Waals surface area contributed by atoms with E-state index in [2.05, 4.69) is 38.8 Å². The molecule has 1 fully saturated rings. The smallest absolute Gasteiger partial charge is 0.105 e. The normalized spacial score (nSPS) is 27.3. The van der Waals surface area contributed by atoms with Crippen LogP contribution in [0.3, 0.4) is 0 Å². The molecular weight excluding hydrogens is 260 g/mol. The summed E-state index contributed by atoms with van der Waals surface area (Å²) >= 11 is 0. The molecule has 2 rings (SSSR count). The summed E-state index contributed by atoms with van der Waals surface area (Å²) in [6, 6.07) is 2.68. The fraction of sp³-hybridized carbons (Fsp3) is 0.778. The second kappa shape index (κ2) is 6.53. The first-order chi connectivity index (χ1) is 9.82. The maximum absolute atomic E-state index is 6.04. The minimum absolute atomic E-state index is 0.393. The number of hydrogen-bond acceptors (Lipinski definition) is 3. The third-order valence-corrected chi connectivity index (χ3v) is 5.44. The second-order valence-corrected chi connectivity index (χ2v) is 7.86. The van der Waals surface area contributed by atoms with Crippen LogP contribution >= 0.6 is 0 Å². The molecule has 1 aromatic heterocycles. The van der Waals surface area contributed by atoms with E-state index in [9.17, 15) is 0 Å². The summed E-state index contributed by atoms with van der Waals surface area (Å²) in [6.07, 6.45) is 5.63. The van der Waals surface area contributed by atoms with Crippen LogP contribution in [0.1, 0.15) is 51.4 Å². The molecule has 0 bridgehead atoms. The molecule has 120 valence electrons. The average Bonchev–Trinajstić information content (AvgIpc) is 2.82. The van der Waals surface area contributed by atoms with Crippen LogP contribution in [0.4, 0.5) is 0 Å². The monoisotopic (exact) mass is 292 g/mol. The lowest BCUT2D eigenvalue weighted by molar-refractivity contribution is 0.0553. The molecule has 21 heavy (non-hydrogen) atoms. The van der Waals surface area contributed by atoms with E-state index >= 15 is 0 Å². The van der Waals surface area contributed by atoms with Gasteiger partial charge >= 0.3 is 0 Å². The third kappa shape index (κ3) is 3.89. The van der Waals surface area contributed by atoms with Crippen molar-refractivity contribution in [2.75, 3.05) is 13.6 Å². The fourth-order valence-corrected chi connectivity index (χ4v) is 3.77. The van der Waals surface area contributed by atoms with E-state index in [4.69, 9.17) is 10.2 Å². The standard InChI is InChI=1S/C18H32N2O/c1-13-15(8-9-21-13)12-20(5)17-10-16(18(2,3)4)7-6-14(17)11-19/h8-9,14,16-17H,6-7,10-12,19H2,1-5H3. The van der Waals surface area contributed by atoms with E-state index in [1.807, 2.05) is 6.92 Å². The topological polar surface area (TPSA) is 42.4 Å². The number of nitrogens with two attached hydrogens (primary N) is 1. The van der Waals surface area contributed by atoms with Gasteiger partial charge in [0.2, 0.25) is 0 Å². The van der Waals surface area contributed by atoms with E-state index in [1.165, 1.54) is 24.8 Å². The summed E-state index contributed by atoms with van der Waals surface area (Å²) in [5, 5.41) is 0. The molecule has 3 nitrogen and oxygen atoms in total. The van der Waals surface area contributed by atoms with Gasteiger partial charge < -0.3 is 10.2 Å². The lowest BCUT2D eigenvalue weighted by atomic mass is 9.67. The Bertz CT molecular complexity index is 446. The SMILES string of the molecule is Cc1occc1CN(C)C1CC(C(C)(C)C)CCC1CN. The zero-order valence-electron chi connectivity index (χ0n) is 14.4. The molecule has 0 aromatic carbocycles. The molecule has 1 aliphatic carbocycles. The molecule has 0 amide bonds. The maximum Gasteiger partial charge on any atom is 0.105 e. The van der Waals surface area contributed by atoms with Crippen LogP contribution in [-0.2, 0) is 6.54 Å². The minimum Gasteiger partial charge on any atom is -0.469 e. The van der Waals surface area contributed by atoms with E-state index in [1.54, 1.807) is 6.26 Å².